The zero-order valence-electron chi connectivity index (χ0n) is 23.8. The predicted molar refractivity (Wildman–Crippen MR) is 154 cm³/mol. The fourth-order valence-corrected chi connectivity index (χ4v) is 9.61. The highest BCUT2D eigenvalue weighted by atomic mass is 32.2. The molecule has 6 rings (SSSR count). The molecule has 3 atom stereocenters. The van der Waals surface area contributed by atoms with Gasteiger partial charge in [-0.1, -0.05) is 18.2 Å². The number of carbonyl (C=O) groups excluding carboxylic acids is 1. The number of amides is 1. The van der Waals surface area contributed by atoms with E-state index in [2.05, 4.69) is 21.8 Å². The third-order valence-electron chi connectivity index (χ3n) is 8.84. The van der Waals surface area contributed by atoms with Crippen LogP contribution in [0.15, 0.2) is 30.5 Å². The van der Waals surface area contributed by atoms with E-state index in [0.717, 1.165) is 45.0 Å². The third kappa shape index (κ3) is 5.72. The lowest BCUT2D eigenvalue weighted by molar-refractivity contribution is -0.136. The normalized spacial score (nSPS) is 27.6. The van der Waals surface area contributed by atoms with Gasteiger partial charge in [0.15, 0.2) is 0 Å². The van der Waals surface area contributed by atoms with Gasteiger partial charge in [0.2, 0.25) is 0 Å². The van der Waals surface area contributed by atoms with Crippen LogP contribution in [-0.2, 0) is 27.8 Å². The van der Waals surface area contributed by atoms with Crippen LogP contribution in [0.4, 0.5) is 18.0 Å². The molecule has 2 bridgehead atoms. The molecule has 1 aromatic carbocycles. The van der Waals surface area contributed by atoms with E-state index in [1.807, 2.05) is 39.1 Å². The SMILES string of the molecule is CC(C)(C)OC(=O)N1CC=C(c2cnc(-c3ccc4c(c3)C[C@@H]3CC[C@H](C4)[C@]34CN(CC(F)(F)F)S(=O)(=O)N4)s2)CC1. The van der Waals surface area contributed by atoms with Crippen LogP contribution in [-0.4, -0.2) is 72.2 Å². The Kier molecular flexibility index (Phi) is 7.26. The third-order valence-corrected chi connectivity index (χ3v) is 11.5. The van der Waals surface area contributed by atoms with Crippen LogP contribution in [0.3, 0.4) is 0 Å². The Morgan fingerprint density at radius 3 is 2.52 bits per heavy atom. The highest BCUT2D eigenvalue weighted by Crippen LogP contribution is 2.51. The molecule has 42 heavy (non-hydrogen) atoms. The molecular weight excluding hydrogens is 589 g/mol. The first-order valence-corrected chi connectivity index (χ1v) is 16.5. The van der Waals surface area contributed by atoms with Gasteiger partial charge < -0.3 is 9.64 Å². The number of rotatable bonds is 3. The fourth-order valence-electron chi connectivity index (χ4n) is 6.92. The van der Waals surface area contributed by atoms with Gasteiger partial charge in [0.25, 0.3) is 10.2 Å². The largest absolute Gasteiger partial charge is 0.444 e. The summed E-state index contributed by atoms with van der Waals surface area (Å²) in [5.41, 5.74) is 2.90. The molecule has 1 amide bonds. The molecule has 0 radical (unpaired) electrons. The summed E-state index contributed by atoms with van der Waals surface area (Å²) in [6.07, 6.45) is 2.48. The molecule has 13 heteroatoms. The van der Waals surface area contributed by atoms with Gasteiger partial charge in [0.05, 0.1) is 10.4 Å². The number of benzene rings is 1. The Bertz CT molecular complexity index is 1530. The number of aromatic nitrogens is 1. The number of carbonyl (C=O) groups is 1. The standard InChI is InChI=1S/C29H35F3N4O4S2/c1-27(2,3)40-26(37)35-10-8-18(9-11-35)24-15-33-25(41-24)20-5-4-19-13-22-6-7-23(14-21(19)12-20)28(22)16-36(17-29(30,31)32)42(38,39)34-28/h4-5,8,12,15,22-23,34H,6-7,9-11,13-14,16-17H2,1-3H3/t22-,23+,28-/m1/s1. The van der Waals surface area contributed by atoms with Gasteiger partial charge in [0, 0.05) is 31.4 Å². The summed E-state index contributed by atoms with van der Waals surface area (Å²) in [7, 11) is -4.21. The lowest BCUT2D eigenvalue weighted by Crippen LogP contribution is -2.52. The highest BCUT2D eigenvalue weighted by Gasteiger charge is 2.60. The van der Waals surface area contributed by atoms with Gasteiger partial charge in [-0.25, -0.2) is 9.78 Å². The zero-order chi connectivity index (χ0) is 30.1. The van der Waals surface area contributed by atoms with E-state index < -0.39 is 34.1 Å². The first-order valence-electron chi connectivity index (χ1n) is 14.2. The van der Waals surface area contributed by atoms with E-state index in [4.69, 9.17) is 4.74 Å². The summed E-state index contributed by atoms with van der Waals surface area (Å²) < 4.78 is 73.8. The van der Waals surface area contributed by atoms with Gasteiger partial charge in [0.1, 0.15) is 17.2 Å². The molecule has 2 aliphatic heterocycles. The second-order valence-corrected chi connectivity index (χ2v) is 15.5. The lowest BCUT2D eigenvalue weighted by atomic mass is 9.79. The van der Waals surface area contributed by atoms with Crippen LogP contribution < -0.4 is 4.72 Å². The van der Waals surface area contributed by atoms with E-state index in [0.29, 0.717) is 36.7 Å². The Hall–Kier alpha value is -2.48. The van der Waals surface area contributed by atoms with Gasteiger partial charge in [-0.05, 0) is 87.5 Å². The lowest BCUT2D eigenvalue weighted by Gasteiger charge is -2.33. The smallest absolute Gasteiger partial charge is 0.410 e. The molecule has 1 saturated heterocycles. The number of alkyl halides is 3. The number of thiazole rings is 1. The number of hydrogen-bond acceptors (Lipinski definition) is 6. The highest BCUT2D eigenvalue weighted by molar-refractivity contribution is 7.87. The molecule has 1 saturated carbocycles. The minimum absolute atomic E-state index is 0.0624. The van der Waals surface area contributed by atoms with E-state index in [1.165, 1.54) is 0 Å². The first-order chi connectivity index (χ1) is 19.6. The fraction of sp³-hybridized carbons (Fsp3) is 0.586. The molecule has 1 N–H and O–H groups in total. The maximum absolute atomic E-state index is 13.2. The maximum atomic E-state index is 13.2. The van der Waals surface area contributed by atoms with Crippen LogP contribution in [0.1, 0.15) is 56.0 Å². The average Bonchev–Trinajstić information content (AvgIpc) is 3.52. The summed E-state index contributed by atoms with van der Waals surface area (Å²) in [4.78, 5) is 19.8. The summed E-state index contributed by atoms with van der Waals surface area (Å²) in [6, 6.07) is 6.21. The van der Waals surface area contributed by atoms with E-state index in [-0.39, 0.29) is 24.5 Å². The van der Waals surface area contributed by atoms with Crippen molar-refractivity contribution in [1.82, 2.24) is 18.9 Å². The van der Waals surface area contributed by atoms with Crippen LogP contribution in [0.5, 0.6) is 0 Å². The summed E-state index contributed by atoms with van der Waals surface area (Å²) in [5, 5.41) is 0.866. The number of hydrogen-bond donors (Lipinski definition) is 1. The summed E-state index contributed by atoms with van der Waals surface area (Å²) in [6.45, 7) is 4.97. The molecule has 2 aliphatic carbocycles. The summed E-state index contributed by atoms with van der Waals surface area (Å²) >= 11 is 1.59. The van der Waals surface area contributed by atoms with E-state index >= 15 is 0 Å². The van der Waals surface area contributed by atoms with Gasteiger partial charge >= 0.3 is 12.3 Å². The number of nitrogens with zero attached hydrogens (tertiary/aromatic N) is 3. The van der Waals surface area contributed by atoms with Gasteiger partial charge in [-0.15, -0.1) is 11.3 Å². The molecule has 228 valence electrons. The monoisotopic (exact) mass is 624 g/mol. The Labute approximate surface area is 248 Å². The number of halogens is 3. The molecule has 1 aromatic heterocycles. The number of ether oxygens (including phenoxy) is 1. The quantitative estimate of drug-likeness (QED) is 0.493. The second kappa shape index (κ2) is 10.3. The maximum Gasteiger partial charge on any atom is 0.410 e. The average molecular weight is 625 g/mol. The van der Waals surface area contributed by atoms with Crippen molar-refractivity contribution in [1.29, 1.82) is 0 Å². The van der Waals surface area contributed by atoms with Crippen LogP contribution in [0.25, 0.3) is 16.1 Å². The zero-order valence-corrected chi connectivity index (χ0v) is 25.5. The predicted octanol–water partition coefficient (Wildman–Crippen LogP) is 5.41. The van der Waals surface area contributed by atoms with Crippen LogP contribution in [0.2, 0.25) is 0 Å². The minimum atomic E-state index is -4.60. The Balaban J connectivity index is 1.19. The first kappa shape index (κ1) is 29.6. The molecular formula is C29H35F3N4O4S2. The minimum Gasteiger partial charge on any atom is -0.444 e. The second-order valence-electron chi connectivity index (χ2n) is 12.8. The number of fused-ring (bicyclic) bond motifs is 1. The molecule has 3 heterocycles. The summed E-state index contributed by atoms with van der Waals surface area (Å²) in [5.74, 6) is -0.147. The van der Waals surface area contributed by atoms with Crippen molar-refractivity contribution >= 4 is 33.2 Å². The topological polar surface area (TPSA) is 91.8 Å². The Morgan fingerprint density at radius 2 is 1.88 bits per heavy atom. The van der Waals surface area contributed by atoms with Crippen molar-refractivity contribution in [2.24, 2.45) is 11.8 Å². The molecule has 2 aromatic rings. The van der Waals surface area contributed by atoms with Crippen molar-refractivity contribution in [3.63, 3.8) is 0 Å². The van der Waals surface area contributed by atoms with Crippen LogP contribution in [0, 0.1) is 11.8 Å². The number of nitrogens with one attached hydrogen (secondary N) is 1. The van der Waals surface area contributed by atoms with Crippen molar-refractivity contribution in [3.8, 4) is 10.6 Å². The van der Waals surface area contributed by atoms with Crippen molar-refractivity contribution in [2.45, 2.75) is 70.2 Å². The van der Waals surface area contributed by atoms with Gasteiger partial charge in [-0.2, -0.15) is 30.6 Å². The van der Waals surface area contributed by atoms with Crippen LogP contribution >= 0.6 is 11.3 Å². The molecule has 8 nitrogen and oxygen atoms in total. The van der Waals surface area contributed by atoms with Crippen molar-refractivity contribution in [3.05, 3.63) is 46.5 Å². The molecule has 2 fully saturated rings. The van der Waals surface area contributed by atoms with E-state index in [1.54, 1.807) is 16.2 Å². The molecule has 4 aliphatic rings. The molecule has 0 unspecified atom stereocenters. The van der Waals surface area contributed by atoms with Crippen molar-refractivity contribution < 1.29 is 31.1 Å². The molecule has 1 spiro atoms. The van der Waals surface area contributed by atoms with Gasteiger partial charge in [-0.3, -0.25) is 0 Å². The Morgan fingerprint density at radius 1 is 1.17 bits per heavy atom. The van der Waals surface area contributed by atoms with E-state index in [9.17, 15) is 26.4 Å². The van der Waals surface area contributed by atoms with Crippen molar-refractivity contribution in [2.75, 3.05) is 26.2 Å².